The van der Waals surface area contributed by atoms with Gasteiger partial charge in [-0.1, -0.05) is 6.07 Å². The minimum Gasteiger partial charge on any atom is -0.490 e. The standard InChI is InChI=1S/C17H24N2O3.ClH/c20-16-11-18-9-13(16)10-19-17(21)12-4-3-7-15(8-12)22-14-5-1-2-6-14;/h3-4,7-8,13-14,16,18,20H,1-2,5-6,9-11H2,(H,19,21);1H. The number of nitrogens with one attached hydrogen (secondary N) is 2. The Balaban J connectivity index is 0.00000192. The molecule has 1 aromatic carbocycles. The molecule has 1 aliphatic carbocycles. The van der Waals surface area contributed by atoms with Crippen molar-refractivity contribution in [3.63, 3.8) is 0 Å². The second-order valence-corrected chi connectivity index (χ2v) is 6.25. The van der Waals surface area contributed by atoms with E-state index in [0.717, 1.165) is 25.1 Å². The van der Waals surface area contributed by atoms with Gasteiger partial charge in [-0.05, 0) is 43.9 Å². The van der Waals surface area contributed by atoms with E-state index in [1.54, 1.807) is 12.1 Å². The minimum atomic E-state index is -0.377. The Morgan fingerprint density at radius 1 is 1.30 bits per heavy atom. The number of amides is 1. The number of halogens is 1. The van der Waals surface area contributed by atoms with E-state index >= 15 is 0 Å². The van der Waals surface area contributed by atoms with Crippen molar-refractivity contribution in [2.45, 2.75) is 37.9 Å². The van der Waals surface area contributed by atoms with Gasteiger partial charge in [0, 0.05) is 31.1 Å². The Morgan fingerprint density at radius 2 is 2.09 bits per heavy atom. The number of benzene rings is 1. The molecule has 2 aliphatic rings. The molecule has 2 fully saturated rings. The van der Waals surface area contributed by atoms with Crippen LogP contribution in [0.15, 0.2) is 24.3 Å². The Morgan fingerprint density at radius 3 is 2.78 bits per heavy atom. The van der Waals surface area contributed by atoms with Crippen molar-refractivity contribution in [1.82, 2.24) is 10.6 Å². The molecule has 1 saturated carbocycles. The minimum absolute atomic E-state index is 0. The van der Waals surface area contributed by atoms with Crippen LogP contribution < -0.4 is 15.4 Å². The van der Waals surface area contributed by atoms with Crippen molar-refractivity contribution in [2.24, 2.45) is 5.92 Å². The average Bonchev–Trinajstić information content (AvgIpc) is 3.17. The molecule has 0 radical (unpaired) electrons. The number of aliphatic hydroxyl groups excluding tert-OH is 1. The molecule has 1 heterocycles. The normalized spacial score (nSPS) is 24.2. The van der Waals surface area contributed by atoms with Crippen molar-refractivity contribution < 1.29 is 14.6 Å². The third-order valence-corrected chi connectivity index (χ3v) is 4.53. The first-order valence-electron chi connectivity index (χ1n) is 8.16. The number of aliphatic hydroxyl groups is 1. The van der Waals surface area contributed by atoms with Crippen molar-refractivity contribution in [1.29, 1.82) is 0 Å². The number of carbonyl (C=O) groups is 1. The van der Waals surface area contributed by atoms with Gasteiger partial charge in [0.05, 0.1) is 12.2 Å². The summed E-state index contributed by atoms with van der Waals surface area (Å²) in [4.78, 5) is 12.2. The molecule has 1 aromatic rings. The van der Waals surface area contributed by atoms with E-state index in [2.05, 4.69) is 10.6 Å². The highest BCUT2D eigenvalue weighted by molar-refractivity contribution is 5.94. The number of hydrogen-bond donors (Lipinski definition) is 3. The van der Waals surface area contributed by atoms with Crippen LogP contribution in [0, 0.1) is 5.92 Å². The molecular weight excluding hydrogens is 316 g/mol. The van der Waals surface area contributed by atoms with E-state index in [4.69, 9.17) is 4.74 Å². The van der Waals surface area contributed by atoms with E-state index in [-0.39, 0.29) is 36.4 Å². The van der Waals surface area contributed by atoms with Crippen LogP contribution in [-0.4, -0.2) is 42.9 Å². The second kappa shape index (κ2) is 8.52. The van der Waals surface area contributed by atoms with Gasteiger partial charge in [-0.25, -0.2) is 0 Å². The highest BCUT2D eigenvalue weighted by Gasteiger charge is 2.25. The van der Waals surface area contributed by atoms with E-state index < -0.39 is 0 Å². The van der Waals surface area contributed by atoms with Crippen LogP contribution in [0.5, 0.6) is 5.75 Å². The summed E-state index contributed by atoms with van der Waals surface area (Å²) < 4.78 is 5.93. The molecule has 2 atom stereocenters. The zero-order valence-electron chi connectivity index (χ0n) is 13.2. The van der Waals surface area contributed by atoms with Gasteiger partial charge in [0.25, 0.3) is 5.91 Å². The molecule has 2 unspecified atom stereocenters. The quantitative estimate of drug-likeness (QED) is 0.763. The fourth-order valence-electron chi connectivity index (χ4n) is 3.16. The average molecular weight is 341 g/mol. The van der Waals surface area contributed by atoms with Gasteiger partial charge in [-0.3, -0.25) is 4.79 Å². The summed E-state index contributed by atoms with van der Waals surface area (Å²) in [7, 11) is 0. The van der Waals surface area contributed by atoms with E-state index in [0.29, 0.717) is 18.7 Å². The van der Waals surface area contributed by atoms with Crippen LogP contribution in [0.4, 0.5) is 0 Å². The maximum atomic E-state index is 12.2. The summed E-state index contributed by atoms with van der Waals surface area (Å²) >= 11 is 0. The van der Waals surface area contributed by atoms with Gasteiger partial charge >= 0.3 is 0 Å². The number of ether oxygens (including phenoxy) is 1. The lowest BCUT2D eigenvalue weighted by Gasteiger charge is -2.15. The lowest BCUT2D eigenvalue weighted by molar-refractivity contribution is 0.0926. The summed E-state index contributed by atoms with van der Waals surface area (Å²) in [5.74, 6) is 0.736. The molecule has 3 N–H and O–H groups in total. The van der Waals surface area contributed by atoms with Crippen molar-refractivity contribution in [3.8, 4) is 5.75 Å². The van der Waals surface area contributed by atoms with Gasteiger partial charge in [-0.2, -0.15) is 0 Å². The topological polar surface area (TPSA) is 70.6 Å². The lowest BCUT2D eigenvalue weighted by atomic mass is 10.1. The molecule has 6 heteroatoms. The number of carbonyl (C=O) groups excluding carboxylic acids is 1. The number of hydrogen-bond acceptors (Lipinski definition) is 4. The molecule has 1 saturated heterocycles. The number of β-amino-alcohol motifs (C(OH)–C–C–N with tert-alkyl or cyclic N) is 1. The monoisotopic (exact) mass is 340 g/mol. The fraction of sp³-hybridized carbons (Fsp3) is 0.588. The first-order chi connectivity index (χ1) is 10.7. The van der Waals surface area contributed by atoms with E-state index in [1.807, 2.05) is 12.1 Å². The maximum Gasteiger partial charge on any atom is 0.251 e. The smallest absolute Gasteiger partial charge is 0.251 e. The van der Waals surface area contributed by atoms with Crippen LogP contribution in [-0.2, 0) is 0 Å². The molecule has 1 amide bonds. The number of rotatable bonds is 5. The SMILES string of the molecule is Cl.O=C(NCC1CNCC1O)c1cccc(OC2CCCC2)c1. The lowest BCUT2D eigenvalue weighted by Crippen LogP contribution is -2.34. The summed E-state index contributed by atoms with van der Waals surface area (Å²) in [5, 5.41) is 15.8. The largest absolute Gasteiger partial charge is 0.490 e. The Hall–Kier alpha value is -1.30. The highest BCUT2D eigenvalue weighted by Crippen LogP contribution is 2.24. The molecule has 3 rings (SSSR count). The summed E-state index contributed by atoms with van der Waals surface area (Å²) in [6.45, 7) is 1.83. The molecule has 1 aliphatic heterocycles. The van der Waals surface area contributed by atoms with Gasteiger partial charge in [-0.15, -0.1) is 12.4 Å². The first-order valence-corrected chi connectivity index (χ1v) is 8.16. The van der Waals surface area contributed by atoms with Crippen LogP contribution in [0.1, 0.15) is 36.0 Å². The Bertz CT molecular complexity index is 520. The predicted molar refractivity (Wildman–Crippen MR) is 91.3 cm³/mol. The predicted octanol–water partition coefficient (Wildman–Crippen LogP) is 1.74. The zero-order chi connectivity index (χ0) is 15.4. The van der Waals surface area contributed by atoms with Gasteiger partial charge < -0.3 is 20.5 Å². The Kier molecular flexibility index (Phi) is 6.69. The van der Waals surface area contributed by atoms with Crippen molar-refractivity contribution in [3.05, 3.63) is 29.8 Å². The van der Waals surface area contributed by atoms with E-state index in [9.17, 15) is 9.90 Å². The van der Waals surface area contributed by atoms with Crippen molar-refractivity contribution in [2.75, 3.05) is 19.6 Å². The summed E-state index contributed by atoms with van der Waals surface area (Å²) in [6.07, 6.45) is 4.56. The summed E-state index contributed by atoms with van der Waals surface area (Å²) in [5.41, 5.74) is 0.607. The molecule has 0 aromatic heterocycles. The van der Waals surface area contributed by atoms with Gasteiger partial charge in [0.2, 0.25) is 0 Å². The first kappa shape index (κ1) is 18.0. The van der Waals surface area contributed by atoms with Gasteiger partial charge in [0.1, 0.15) is 5.75 Å². The third kappa shape index (κ3) is 4.83. The zero-order valence-corrected chi connectivity index (χ0v) is 14.0. The fourth-order valence-corrected chi connectivity index (χ4v) is 3.16. The van der Waals surface area contributed by atoms with Crippen LogP contribution in [0.3, 0.4) is 0 Å². The molecule has 23 heavy (non-hydrogen) atoms. The second-order valence-electron chi connectivity index (χ2n) is 6.25. The molecule has 5 nitrogen and oxygen atoms in total. The van der Waals surface area contributed by atoms with E-state index in [1.165, 1.54) is 12.8 Å². The maximum absolute atomic E-state index is 12.2. The van der Waals surface area contributed by atoms with Crippen LogP contribution >= 0.6 is 12.4 Å². The Labute approximate surface area is 143 Å². The molecule has 0 bridgehead atoms. The van der Waals surface area contributed by atoms with Crippen LogP contribution in [0.25, 0.3) is 0 Å². The molecular formula is C17H25ClN2O3. The van der Waals surface area contributed by atoms with Crippen molar-refractivity contribution >= 4 is 18.3 Å². The third-order valence-electron chi connectivity index (χ3n) is 4.53. The van der Waals surface area contributed by atoms with Crippen LogP contribution in [0.2, 0.25) is 0 Å². The summed E-state index contributed by atoms with van der Waals surface area (Å²) in [6, 6.07) is 7.35. The molecule has 0 spiro atoms. The van der Waals surface area contributed by atoms with Gasteiger partial charge in [0.15, 0.2) is 0 Å². The molecule has 128 valence electrons. The highest BCUT2D eigenvalue weighted by atomic mass is 35.5.